The van der Waals surface area contributed by atoms with Crippen molar-refractivity contribution in [3.63, 3.8) is 0 Å². The molecular weight excluding hydrogens is 212 g/mol. The van der Waals surface area contributed by atoms with Crippen LogP contribution in [0.3, 0.4) is 0 Å². The molecule has 0 saturated heterocycles. The second-order valence-electron chi connectivity index (χ2n) is 4.62. The summed E-state index contributed by atoms with van der Waals surface area (Å²) in [6.45, 7) is 2.06. The number of anilines is 1. The number of fused-ring (bicyclic) bond motifs is 1. The second kappa shape index (κ2) is 5.19. The van der Waals surface area contributed by atoms with Crippen molar-refractivity contribution in [3.05, 3.63) is 24.3 Å². The summed E-state index contributed by atoms with van der Waals surface area (Å²) >= 11 is 0. The maximum atomic E-state index is 5.94. The van der Waals surface area contributed by atoms with Crippen molar-refractivity contribution in [1.29, 1.82) is 0 Å². The van der Waals surface area contributed by atoms with E-state index in [0.29, 0.717) is 5.95 Å². The van der Waals surface area contributed by atoms with Gasteiger partial charge < -0.3 is 15.2 Å². The van der Waals surface area contributed by atoms with Crippen LogP contribution in [0.4, 0.5) is 5.95 Å². The van der Waals surface area contributed by atoms with Crippen LogP contribution in [0.15, 0.2) is 24.3 Å². The number of hydrogen-bond acceptors (Lipinski definition) is 3. The number of nitrogens with zero attached hydrogens (tertiary/aromatic N) is 3. The first-order chi connectivity index (χ1) is 8.18. The van der Waals surface area contributed by atoms with E-state index < -0.39 is 0 Å². The fraction of sp³-hybridized carbons (Fsp3) is 0.462. The van der Waals surface area contributed by atoms with Gasteiger partial charge in [-0.2, -0.15) is 0 Å². The number of para-hydroxylation sites is 2. The monoisotopic (exact) mass is 232 g/mol. The standard InChI is InChI=1S/C13H20N4/c1-16(2)9-5-6-10-17-12-8-4-3-7-11(12)15-13(17)14/h3-4,7-8H,5-6,9-10H2,1-2H3,(H2,14,15). The van der Waals surface area contributed by atoms with E-state index in [1.165, 1.54) is 6.42 Å². The summed E-state index contributed by atoms with van der Waals surface area (Å²) in [7, 11) is 4.20. The van der Waals surface area contributed by atoms with Gasteiger partial charge >= 0.3 is 0 Å². The Labute approximate surface area is 102 Å². The lowest BCUT2D eigenvalue weighted by Crippen LogP contribution is -2.13. The molecule has 0 aliphatic rings. The van der Waals surface area contributed by atoms with E-state index in [1.807, 2.05) is 18.2 Å². The summed E-state index contributed by atoms with van der Waals surface area (Å²) in [5, 5.41) is 0. The highest BCUT2D eigenvalue weighted by molar-refractivity contribution is 5.78. The van der Waals surface area contributed by atoms with E-state index in [2.05, 4.69) is 34.6 Å². The van der Waals surface area contributed by atoms with Crippen LogP contribution in [-0.2, 0) is 6.54 Å². The van der Waals surface area contributed by atoms with Crippen molar-refractivity contribution in [3.8, 4) is 0 Å². The highest BCUT2D eigenvalue weighted by Crippen LogP contribution is 2.17. The Balaban J connectivity index is 2.05. The van der Waals surface area contributed by atoms with Gasteiger partial charge in [0.25, 0.3) is 0 Å². The molecule has 2 aromatic rings. The molecule has 2 N–H and O–H groups in total. The number of aryl methyl sites for hydroxylation is 1. The van der Waals surface area contributed by atoms with Crippen molar-refractivity contribution in [2.45, 2.75) is 19.4 Å². The minimum absolute atomic E-state index is 0.621. The molecular formula is C13H20N4. The third kappa shape index (κ3) is 2.77. The van der Waals surface area contributed by atoms with E-state index in [1.54, 1.807) is 0 Å². The van der Waals surface area contributed by atoms with Gasteiger partial charge in [-0.3, -0.25) is 0 Å². The largest absolute Gasteiger partial charge is 0.369 e. The van der Waals surface area contributed by atoms with Crippen LogP contribution in [-0.4, -0.2) is 35.1 Å². The highest BCUT2D eigenvalue weighted by atomic mass is 15.1. The van der Waals surface area contributed by atoms with Crippen LogP contribution < -0.4 is 5.73 Å². The predicted octanol–water partition coefficient (Wildman–Crippen LogP) is 1.96. The minimum Gasteiger partial charge on any atom is -0.369 e. The molecule has 1 aromatic carbocycles. The molecule has 4 heteroatoms. The Hall–Kier alpha value is -1.55. The third-order valence-corrected chi connectivity index (χ3v) is 2.92. The number of aromatic nitrogens is 2. The Morgan fingerprint density at radius 2 is 2.00 bits per heavy atom. The first-order valence-corrected chi connectivity index (χ1v) is 6.04. The first kappa shape index (κ1) is 11.9. The molecule has 0 unspecified atom stereocenters. The molecule has 0 radical (unpaired) electrons. The van der Waals surface area contributed by atoms with Gasteiger partial charge in [0.05, 0.1) is 11.0 Å². The molecule has 1 aromatic heterocycles. The summed E-state index contributed by atoms with van der Waals surface area (Å²) in [4.78, 5) is 6.56. The lowest BCUT2D eigenvalue weighted by molar-refractivity contribution is 0.388. The summed E-state index contributed by atoms with van der Waals surface area (Å²) < 4.78 is 2.10. The normalized spacial score (nSPS) is 11.5. The SMILES string of the molecule is CN(C)CCCCn1c(N)nc2ccccc21. The molecule has 0 spiro atoms. The molecule has 17 heavy (non-hydrogen) atoms. The number of rotatable bonds is 5. The predicted molar refractivity (Wildman–Crippen MR) is 71.9 cm³/mol. The maximum Gasteiger partial charge on any atom is 0.201 e. The fourth-order valence-electron chi connectivity index (χ4n) is 2.03. The molecule has 0 atom stereocenters. The molecule has 0 amide bonds. The summed E-state index contributed by atoms with van der Waals surface area (Å²) in [5.41, 5.74) is 8.05. The van der Waals surface area contributed by atoms with Crippen LogP contribution >= 0.6 is 0 Å². The van der Waals surface area contributed by atoms with Crippen LogP contribution in [0.2, 0.25) is 0 Å². The van der Waals surface area contributed by atoms with Crippen molar-refractivity contribution in [2.24, 2.45) is 0 Å². The number of benzene rings is 1. The Kier molecular flexibility index (Phi) is 3.64. The Morgan fingerprint density at radius 1 is 1.24 bits per heavy atom. The smallest absolute Gasteiger partial charge is 0.201 e. The van der Waals surface area contributed by atoms with E-state index in [0.717, 1.165) is 30.5 Å². The minimum atomic E-state index is 0.621. The van der Waals surface area contributed by atoms with E-state index in [4.69, 9.17) is 5.73 Å². The van der Waals surface area contributed by atoms with Gasteiger partial charge in [0, 0.05) is 6.54 Å². The number of imidazole rings is 1. The van der Waals surface area contributed by atoms with Gasteiger partial charge in [0.2, 0.25) is 5.95 Å². The van der Waals surface area contributed by atoms with Crippen molar-refractivity contribution < 1.29 is 0 Å². The summed E-state index contributed by atoms with van der Waals surface area (Å²) in [6, 6.07) is 8.09. The van der Waals surface area contributed by atoms with Gasteiger partial charge in [-0.05, 0) is 45.6 Å². The van der Waals surface area contributed by atoms with Crippen molar-refractivity contribution in [2.75, 3.05) is 26.4 Å². The number of hydrogen-bond donors (Lipinski definition) is 1. The van der Waals surface area contributed by atoms with Crippen LogP contribution in [0.1, 0.15) is 12.8 Å². The summed E-state index contributed by atoms with van der Waals surface area (Å²) in [5.74, 6) is 0.621. The zero-order valence-corrected chi connectivity index (χ0v) is 10.6. The van der Waals surface area contributed by atoms with Gasteiger partial charge in [0.1, 0.15) is 0 Å². The van der Waals surface area contributed by atoms with Crippen molar-refractivity contribution in [1.82, 2.24) is 14.5 Å². The zero-order chi connectivity index (χ0) is 12.3. The van der Waals surface area contributed by atoms with E-state index in [9.17, 15) is 0 Å². The number of unbranched alkanes of at least 4 members (excludes halogenated alkanes) is 1. The molecule has 0 fully saturated rings. The number of nitrogen functional groups attached to an aromatic ring is 1. The molecule has 92 valence electrons. The first-order valence-electron chi connectivity index (χ1n) is 6.04. The molecule has 0 saturated carbocycles. The molecule has 0 aliphatic heterocycles. The second-order valence-corrected chi connectivity index (χ2v) is 4.62. The average Bonchev–Trinajstić information content (AvgIpc) is 2.60. The Bertz CT molecular complexity index is 487. The molecule has 1 heterocycles. The van der Waals surface area contributed by atoms with E-state index >= 15 is 0 Å². The van der Waals surface area contributed by atoms with Gasteiger partial charge in [-0.1, -0.05) is 12.1 Å². The van der Waals surface area contributed by atoms with E-state index in [-0.39, 0.29) is 0 Å². The van der Waals surface area contributed by atoms with Crippen LogP contribution in [0, 0.1) is 0 Å². The molecule has 4 nitrogen and oxygen atoms in total. The van der Waals surface area contributed by atoms with Crippen LogP contribution in [0.5, 0.6) is 0 Å². The average molecular weight is 232 g/mol. The molecule has 2 rings (SSSR count). The summed E-state index contributed by atoms with van der Waals surface area (Å²) in [6.07, 6.45) is 2.31. The maximum absolute atomic E-state index is 5.94. The van der Waals surface area contributed by atoms with Gasteiger partial charge in [-0.15, -0.1) is 0 Å². The highest BCUT2D eigenvalue weighted by Gasteiger charge is 2.06. The quantitative estimate of drug-likeness (QED) is 0.802. The lowest BCUT2D eigenvalue weighted by Gasteiger charge is -2.10. The van der Waals surface area contributed by atoms with Gasteiger partial charge in [0.15, 0.2) is 0 Å². The number of nitrogens with two attached hydrogens (primary N) is 1. The topological polar surface area (TPSA) is 47.1 Å². The van der Waals surface area contributed by atoms with Crippen LogP contribution in [0.25, 0.3) is 11.0 Å². The van der Waals surface area contributed by atoms with Gasteiger partial charge in [-0.25, -0.2) is 4.98 Å². The fourth-order valence-corrected chi connectivity index (χ4v) is 2.03. The Morgan fingerprint density at radius 3 is 2.76 bits per heavy atom. The lowest BCUT2D eigenvalue weighted by atomic mass is 10.3. The zero-order valence-electron chi connectivity index (χ0n) is 10.6. The van der Waals surface area contributed by atoms with Crippen molar-refractivity contribution >= 4 is 17.0 Å². The molecule has 0 bridgehead atoms. The third-order valence-electron chi connectivity index (χ3n) is 2.92. The molecule has 0 aliphatic carbocycles.